The first-order chi connectivity index (χ1) is 8.08. The first kappa shape index (κ1) is 11.9. The van der Waals surface area contributed by atoms with Crippen molar-refractivity contribution in [2.75, 3.05) is 5.73 Å². The molecule has 0 saturated heterocycles. The fraction of sp³-hybridized carbons (Fsp3) is 0.0769. The molecule has 0 radical (unpaired) electrons. The van der Waals surface area contributed by atoms with E-state index in [4.69, 9.17) is 17.3 Å². The molecule has 1 atom stereocenters. The third-order valence-corrected chi connectivity index (χ3v) is 2.85. The summed E-state index contributed by atoms with van der Waals surface area (Å²) >= 11 is 5.92. The van der Waals surface area contributed by atoms with Crippen LogP contribution in [0, 0.1) is 5.82 Å². The molecule has 0 heterocycles. The lowest BCUT2D eigenvalue weighted by Gasteiger charge is -2.13. The van der Waals surface area contributed by atoms with E-state index in [1.54, 1.807) is 24.3 Å². The summed E-state index contributed by atoms with van der Waals surface area (Å²) in [5.41, 5.74) is 7.12. The van der Waals surface area contributed by atoms with Gasteiger partial charge in [0.15, 0.2) is 0 Å². The van der Waals surface area contributed by atoms with Gasteiger partial charge in [0.25, 0.3) is 0 Å². The average Bonchev–Trinajstić information content (AvgIpc) is 2.32. The van der Waals surface area contributed by atoms with Crippen LogP contribution in [0.1, 0.15) is 17.2 Å². The van der Waals surface area contributed by atoms with E-state index < -0.39 is 11.9 Å². The molecule has 0 spiro atoms. The summed E-state index contributed by atoms with van der Waals surface area (Å²) in [6, 6.07) is 10.6. The van der Waals surface area contributed by atoms with E-state index in [9.17, 15) is 9.50 Å². The van der Waals surface area contributed by atoms with Gasteiger partial charge in [-0.2, -0.15) is 0 Å². The highest BCUT2D eigenvalue weighted by Crippen LogP contribution is 2.29. The van der Waals surface area contributed by atoms with E-state index >= 15 is 0 Å². The number of nitrogen functional groups attached to an aromatic ring is 1. The number of anilines is 1. The fourth-order valence-corrected chi connectivity index (χ4v) is 1.80. The first-order valence-corrected chi connectivity index (χ1v) is 5.44. The van der Waals surface area contributed by atoms with Gasteiger partial charge in [-0.3, -0.25) is 0 Å². The molecule has 0 amide bonds. The second-order valence-electron chi connectivity index (χ2n) is 3.74. The summed E-state index contributed by atoms with van der Waals surface area (Å²) in [5.74, 6) is -0.432. The lowest BCUT2D eigenvalue weighted by Crippen LogP contribution is -2.01. The van der Waals surface area contributed by atoms with Gasteiger partial charge in [0, 0.05) is 16.3 Å². The summed E-state index contributed by atoms with van der Waals surface area (Å²) in [5, 5.41) is 10.4. The molecule has 3 N–H and O–H groups in total. The van der Waals surface area contributed by atoms with E-state index in [0.717, 1.165) is 0 Å². The second kappa shape index (κ2) is 4.73. The topological polar surface area (TPSA) is 46.2 Å². The van der Waals surface area contributed by atoms with Crippen LogP contribution >= 0.6 is 11.6 Å². The molecule has 17 heavy (non-hydrogen) atoms. The van der Waals surface area contributed by atoms with Gasteiger partial charge in [-0.1, -0.05) is 23.7 Å². The molecule has 2 nitrogen and oxygen atoms in total. The number of hydrogen-bond acceptors (Lipinski definition) is 2. The Bertz CT molecular complexity index is 527. The Balaban J connectivity index is 2.39. The van der Waals surface area contributed by atoms with Crippen LogP contribution in [0.25, 0.3) is 0 Å². The highest BCUT2D eigenvalue weighted by molar-refractivity contribution is 6.31. The van der Waals surface area contributed by atoms with Gasteiger partial charge in [0.1, 0.15) is 11.9 Å². The number of nitrogens with two attached hydrogens (primary N) is 1. The zero-order valence-electron chi connectivity index (χ0n) is 8.90. The van der Waals surface area contributed by atoms with Crippen LogP contribution in [-0.4, -0.2) is 5.11 Å². The minimum absolute atomic E-state index is 0.329. The number of halogens is 2. The van der Waals surface area contributed by atoms with Crippen molar-refractivity contribution in [3.63, 3.8) is 0 Å². The number of benzene rings is 2. The zero-order chi connectivity index (χ0) is 12.4. The number of aliphatic hydroxyl groups excluding tert-OH is 1. The highest BCUT2D eigenvalue weighted by Gasteiger charge is 2.14. The predicted octanol–water partition coefficient (Wildman–Crippen LogP) is 3.14. The van der Waals surface area contributed by atoms with Crippen molar-refractivity contribution in [2.24, 2.45) is 0 Å². The maximum absolute atomic E-state index is 13.1. The van der Waals surface area contributed by atoms with Crippen molar-refractivity contribution < 1.29 is 9.50 Å². The second-order valence-corrected chi connectivity index (χ2v) is 4.14. The molecular weight excluding hydrogens is 241 g/mol. The van der Waals surface area contributed by atoms with E-state index in [1.807, 2.05) is 0 Å². The maximum Gasteiger partial charge on any atom is 0.123 e. The van der Waals surface area contributed by atoms with Gasteiger partial charge in [0.2, 0.25) is 0 Å². The first-order valence-electron chi connectivity index (χ1n) is 5.06. The van der Waals surface area contributed by atoms with Crippen molar-refractivity contribution in [1.82, 2.24) is 0 Å². The lowest BCUT2D eigenvalue weighted by molar-refractivity contribution is 0.220. The molecule has 4 heteroatoms. The van der Waals surface area contributed by atoms with E-state index in [-0.39, 0.29) is 0 Å². The van der Waals surface area contributed by atoms with E-state index in [2.05, 4.69) is 0 Å². The number of rotatable bonds is 2. The number of hydrogen-bond donors (Lipinski definition) is 2. The Kier molecular flexibility index (Phi) is 3.31. The average molecular weight is 252 g/mol. The third-order valence-electron chi connectivity index (χ3n) is 2.50. The minimum Gasteiger partial charge on any atom is -0.399 e. The Hall–Kier alpha value is -1.58. The smallest absolute Gasteiger partial charge is 0.123 e. The van der Waals surface area contributed by atoms with Gasteiger partial charge < -0.3 is 10.8 Å². The highest BCUT2D eigenvalue weighted by atomic mass is 35.5. The molecule has 0 saturated carbocycles. The van der Waals surface area contributed by atoms with Crippen molar-refractivity contribution in [3.05, 3.63) is 64.4 Å². The van der Waals surface area contributed by atoms with Gasteiger partial charge >= 0.3 is 0 Å². The summed E-state index contributed by atoms with van der Waals surface area (Å²) in [6.07, 6.45) is -0.959. The van der Waals surface area contributed by atoms with Crippen molar-refractivity contribution >= 4 is 17.3 Å². The molecule has 0 aromatic heterocycles. The molecule has 0 aliphatic heterocycles. The molecule has 0 bridgehead atoms. The molecule has 0 fully saturated rings. The quantitative estimate of drug-likeness (QED) is 0.806. The van der Waals surface area contributed by atoms with Gasteiger partial charge in [-0.05, 0) is 35.9 Å². The van der Waals surface area contributed by atoms with Crippen molar-refractivity contribution in [2.45, 2.75) is 6.10 Å². The lowest BCUT2D eigenvalue weighted by atomic mass is 10.0. The molecule has 2 aromatic carbocycles. The van der Waals surface area contributed by atoms with Crippen LogP contribution in [0.2, 0.25) is 5.02 Å². The summed E-state index contributed by atoms with van der Waals surface area (Å²) in [4.78, 5) is 0. The Morgan fingerprint density at radius 1 is 1.12 bits per heavy atom. The van der Waals surface area contributed by atoms with E-state index in [0.29, 0.717) is 21.8 Å². The third kappa shape index (κ3) is 2.57. The molecule has 2 aromatic rings. The monoisotopic (exact) mass is 251 g/mol. The van der Waals surface area contributed by atoms with Crippen LogP contribution in [0.3, 0.4) is 0 Å². The van der Waals surface area contributed by atoms with Crippen LogP contribution in [0.15, 0.2) is 42.5 Å². The summed E-state index contributed by atoms with van der Waals surface area (Å²) < 4.78 is 13.1. The van der Waals surface area contributed by atoms with E-state index in [1.165, 1.54) is 18.2 Å². The molecular formula is C13H11ClFNO. The maximum atomic E-state index is 13.1. The molecule has 1 unspecified atom stereocenters. The van der Waals surface area contributed by atoms with Crippen molar-refractivity contribution in [1.29, 1.82) is 0 Å². The predicted molar refractivity (Wildman–Crippen MR) is 66.3 cm³/mol. The summed E-state index contributed by atoms with van der Waals surface area (Å²) in [7, 11) is 0. The Morgan fingerprint density at radius 2 is 1.76 bits per heavy atom. The number of aliphatic hydroxyl groups is 1. The van der Waals surface area contributed by atoms with Gasteiger partial charge in [0.05, 0.1) is 0 Å². The molecule has 0 aliphatic rings. The minimum atomic E-state index is -0.959. The summed E-state index contributed by atoms with van der Waals surface area (Å²) in [6.45, 7) is 0. The van der Waals surface area contributed by atoms with Crippen LogP contribution in [0.5, 0.6) is 0 Å². The van der Waals surface area contributed by atoms with Crippen LogP contribution in [-0.2, 0) is 0 Å². The Labute approximate surface area is 103 Å². The molecule has 88 valence electrons. The van der Waals surface area contributed by atoms with Crippen LogP contribution < -0.4 is 5.73 Å². The SMILES string of the molecule is Nc1ccc(C(O)c2cc(F)ccc2Cl)cc1. The van der Waals surface area contributed by atoms with Gasteiger partial charge in [-0.25, -0.2) is 4.39 Å². The van der Waals surface area contributed by atoms with Crippen LogP contribution in [0.4, 0.5) is 10.1 Å². The molecule has 2 rings (SSSR count). The molecule has 0 aliphatic carbocycles. The largest absolute Gasteiger partial charge is 0.399 e. The standard InChI is InChI=1S/C13H11ClFNO/c14-12-6-3-9(15)7-11(12)13(17)8-1-4-10(16)5-2-8/h1-7,13,17H,16H2. The Morgan fingerprint density at radius 3 is 2.41 bits per heavy atom. The normalized spacial score (nSPS) is 12.4. The fourth-order valence-electron chi connectivity index (χ4n) is 1.58. The van der Waals surface area contributed by atoms with Crippen molar-refractivity contribution in [3.8, 4) is 0 Å². The zero-order valence-corrected chi connectivity index (χ0v) is 9.66. The van der Waals surface area contributed by atoms with Gasteiger partial charge in [-0.15, -0.1) is 0 Å².